The van der Waals surface area contributed by atoms with E-state index < -0.39 is 6.04 Å². The quantitative estimate of drug-likeness (QED) is 0.241. The lowest BCUT2D eigenvalue weighted by molar-refractivity contribution is -0.133. The molecule has 6 nitrogen and oxygen atoms in total. The fraction of sp³-hybridized carbons (Fsp3) is 0.125. The number of nitrogen functional groups attached to an aromatic ring is 1. The Morgan fingerprint density at radius 2 is 1.87 bits per heavy atom. The molecule has 0 amide bonds. The summed E-state index contributed by atoms with van der Waals surface area (Å²) >= 11 is 6.60. The Labute approximate surface area is 185 Å². The number of carbonyl (C=O) groups excluding carboxylic acids is 1. The van der Waals surface area contributed by atoms with Gasteiger partial charge in [0.25, 0.3) is 0 Å². The number of halogens is 1. The lowest BCUT2D eigenvalue weighted by atomic mass is 9.95. The normalized spacial score (nSPS) is 11.8. The number of esters is 1. The van der Waals surface area contributed by atoms with Crippen LogP contribution in [0.3, 0.4) is 0 Å². The number of pyridine rings is 2. The van der Waals surface area contributed by atoms with E-state index in [1.54, 1.807) is 25.4 Å². The van der Waals surface area contributed by atoms with Crippen LogP contribution in [0.1, 0.15) is 30.5 Å². The molecule has 0 bridgehead atoms. The number of anilines is 2. The summed E-state index contributed by atoms with van der Waals surface area (Å²) < 4.78 is 5.78. The lowest BCUT2D eigenvalue weighted by Gasteiger charge is -2.24. The van der Waals surface area contributed by atoms with Crippen molar-refractivity contribution >= 4 is 40.0 Å². The molecule has 1 unspecified atom stereocenters. The highest BCUT2D eigenvalue weighted by Gasteiger charge is 2.25. The van der Waals surface area contributed by atoms with Crippen LogP contribution in [-0.4, -0.2) is 15.9 Å². The van der Waals surface area contributed by atoms with Crippen LogP contribution < -0.4 is 15.8 Å². The standard InChI is InChI=1S/C24H21ClN4O2/c1-2-20(30)31-24-17(12-11-15-7-6-14-28-22(15)24)23(29-19-10-3-4-13-27-19)16-8-5-9-18(26)21(16)25/h3-14,23H,2,26H2,1H3,(H,27,29). The van der Waals surface area contributed by atoms with Crippen molar-refractivity contribution in [3.05, 3.63) is 89.2 Å². The number of hydrogen-bond donors (Lipinski definition) is 2. The molecule has 7 heteroatoms. The zero-order valence-electron chi connectivity index (χ0n) is 16.9. The van der Waals surface area contributed by atoms with Gasteiger partial charge in [-0.25, -0.2) is 4.98 Å². The predicted octanol–water partition coefficient (Wildman–Crippen LogP) is 5.38. The van der Waals surface area contributed by atoms with Gasteiger partial charge in [-0.05, 0) is 29.8 Å². The topological polar surface area (TPSA) is 90.1 Å². The molecular weight excluding hydrogens is 412 g/mol. The Kier molecular flexibility index (Phi) is 6.00. The summed E-state index contributed by atoms with van der Waals surface area (Å²) in [6, 6.07) is 18.1. The van der Waals surface area contributed by atoms with Crippen molar-refractivity contribution in [3.8, 4) is 5.75 Å². The van der Waals surface area contributed by atoms with Crippen molar-refractivity contribution in [2.24, 2.45) is 0 Å². The molecule has 0 radical (unpaired) electrons. The van der Waals surface area contributed by atoms with E-state index in [-0.39, 0.29) is 12.4 Å². The highest BCUT2D eigenvalue weighted by atomic mass is 35.5. The van der Waals surface area contributed by atoms with E-state index in [0.717, 1.165) is 10.9 Å². The minimum atomic E-state index is -0.489. The zero-order chi connectivity index (χ0) is 21.8. The van der Waals surface area contributed by atoms with Gasteiger partial charge in [-0.15, -0.1) is 0 Å². The third kappa shape index (κ3) is 4.29. The van der Waals surface area contributed by atoms with Crippen LogP contribution in [0.15, 0.2) is 73.1 Å². The van der Waals surface area contributed by atoms with Crippen molar-refractivity contribution in [2.75, 3.05) is 11.1 Å². The molecule has 0 aliphatic rings. The van der Waals surface area contributed by atoms with Crippen LogP contribution in [0, 0.1) is 0 Å². The molecule has 0 aliphatic carbocycles. The minimum Gasteiger partial charge on any atom is -0.424 e. The third-order valence-electron chi connectivity index (χ3n) is 4.90. The van der Waals surface area contributed by atoms with E-state index in [2.05, 4.69) is 15.3 Å². The average molecular weight is 433 g/mol. The van der Waals surface area contributed by atoms with Crippen LogP contribution in [0.4, 0.5) is 11.5 Å². The zero-order valence-corrected chi connectivity index (χ0v) is 17.6. The van der Waals surface area contributed by atoms with Crippen LogP contribution in [-0.2, 0) is 4.79 Å². The molecular formula is C24H21ClN4O2. The number of rotatable bonds is 6. The molecule has 0 saturated heterocycles. The first-order valence-electron chi connectivity index (χ1n) is 9.88. The fourth-order valence-electron chi connectivity index (χ4n) is 3.36. The van der Waals surface area contributed by atoms with E-state index >= 15 is 0 Å². The summed E-state index contributed by atoms with van der Waals surface area (Å²) in [5.74, 6) is 0.673. The van der Waals surface area contributed by atoms with Crippen molar-refractivity contribution in [1.82, 2.24) is 9.97 Å². The second-order valence-corrected chi connectivity index (χ2v) is 7.31. The number of carbonyl (C=O) groups is 1. The Bertz CT molecular complexity index is 1230. The number of nitrogens with one attached hydrogen (secondary N) is 1. The molecule has 4 aromatic rings. The van der Waals surface area contributed by atoms with Gasteiger partial charge in [-0.3, -0.25) is 9.78 Å². The van der Waals surface area contributed by atoms with E-state index in [1.807, 2.05) is 54.6 Å². The molecule has 2 aromatic heterocycles. The monoisotopic (exact) mass is 432 g/mol. The number of hydrogen-bond acceptors (Lipinski definition) is 6. The number of nitrogens with zero attached hydrogens (tertiary/aromatic N) is 2. The van der Waals surface area contributed by atoms with Gasteiger partial charge in [0.15, 0.2) is 5.75 Å². The summed E-state index contributed by atoms with van der Waals surface area (Å²) in [7, 11) is 0. The Balaban J connectivity index is 1.95. The maximum atomic E-state index is 12.3. The van der Waals surface area contributed by atoms with Gasteiger partial charge < -0.3 is 15.8 Å². The highest BCUT2D eigenvalue weighted by molar-refractivity contribution is 6.34. The highest BCUT2D eigenvalue weighted by Crippen LogP contribution is 2.40. The van der Waals surface area contributed by atoms with Crippen LogP contribution in [0.2, 0.25) is 5.02 Å². The first kappa shape index (κ1) is 20.6. The van der Waals surface area contributed by atoms with Gasteiger partial charge in [0.05, 0.1) is 16.8 Å². The average Bonchev–Trinajstić information content (AvgIpc) is 2.80. The number of fused-ring (bicyclic) bond motifs is 1. The van der Waals surface area contributed by atoms with Crippen LogP contribution in [0.5, 0.6) is 5.75 Å². The minimum absolute atomic E-state index is 0.236. The van der Waals surface area contributed by atoms with Crippen molar-refractivity contribution in [1.29, 1.82) is 0 Å². The summed E-state index contributed by atoms with van der Waals surface area (Å²) in [6.45, 7) is 1.75. The second kappa shape index (κ2) is 9.02. The molecule has 2 aromatic carbocycles. The Hall–Kier alpha value is -3.64. The first-order valence-corrected chi connectivity index (χ1v) is 10.3. The van der Waals surface area contributed by atoms with Crippen LogP contribution in [0.25, 0.3) is 10.9 Å². The summed E-state index contributed by atoms with van der Waals surface area (Å²) in [5, 5.41) is 4.69. The molecule has 2 heterocycles. The molecule has 3 N–H and O–H groups in total. The number of benzene rings is 2. The molecule has 4 rings (SSSR count). The van der Waals surface area contributed by atoms with Crippen molar-refractivity contribution in [2.45, 2.75) is 19.4 Å². The lowest BCUT2D eigenvalue weighted by Crippen LogP contribution is -2.17. The van der Waals surface area contributed by atoms with E-state index in [4.69, 9.17) is 22.1 Å². The number of aromatic nitrogens is 2. The van der Waals surface area contributed by atoms with E-state index in [0.29, 0.717) is 33.4 Å². The number of nitrogens with two attached hydrogens (primary N) is 1. The predicted molar refractivity (Wildman–Crippen MR) is 123 cm³/mol. The molecule has 0 aliphatic heterocycles. The maximum absolute atomic E-state index is 12.3. The third-order valence-corrected chi connectivity index (χ3v) is 5.34. The second-order valence-electron chi connectivity index (χ2n) is 6.93. The SMILES string of the molecule is CCC(=O)Oc1c(C(Nc2ccccn2)c2cccc(N)c2Cl)ccc2cccnc12. The van der Waals surface area contributed by atoms with Gasteiger partial charge in [0, 0.05) is 29.8 Å². The molecule has 0 spiro atoms. The van der Waals surface area contributed by atoms with Gasteiger partial charge in [0.2, 0.25) is 0 Å². The van der Waals surface area contributed by atoms with Gasteiger partial charge in [-0.2, -0.15) is 0 Å². The summed E-state index contributed by atoms with van der Waals surface area (Å²) in [4.78, 5) is 21.1. The van der Waals surface area contributed by atoms with Gasteiger partial charge in [0.1, 0.15) is 11.3 Å². The Morgan fingerprint density at radius 3 is 2.65 bits per heavy atom. The summed E-state index contributed by atoms with van der Waals surface area (Å²) in [5.41, 5.74) is 8.57. The molecule has 1 atom stereocenters. The Morgan fingerprint density at radius 1 is 1.03 bits per heavy atom. The smallest absolute Gasteiger partial charge is 0.310 e. The van der Waals surface area contributed by atoms with Crippen LogP contribution >= 0.6 is 11.6 Å². The fourth-order valence-corrected chi connectivity index (χ4v) is 3.60. The summed E-state index contributed by atoms with van der Waals surface area (Å²) in [6.07, 6.45) is 3.60. The first-order chi connectivity index (χ1) is 15.1. The van der Waals surface area contributed by atoms with Crippen molar-refractivity contribution < 1.29 is 9.53 Å². The van der Waals surface area contributed by atoms with Gasteiger partial charge in [-0.1, -0.05) is 54.9 Å². The molecule has 0 fully saturated rings. The molecule has 0 saturated carbocycles. The van der Waals surface area contributed by atoms with Crippen molar-refractivity contribution in [3.63, 3.8) is 0 Å². The maximum Gasteiger partial charge on any atom is 0.310 e. The van der Waals surface area contributed by atoms with E-state index in [1.165, 1.54) is 0 Å². The van der Waals surface area contributed by atoms with E-state index in [9.17, 15) is 4.79 Å². The molecule has 31 heavy (non-hydrogen) atoms. The molecule has 156 valence electrons. The largest absolute Gasteiger partial charge is 0.424 e. The van der Waals surface area contributed by atoms with Gasteiger partial charge >= 0.3 is 5.97 Å². The number of ether oxygens (including phenoxy) is 1.